The Labute approximate surface area is 193 Å². The molecule has 0 atom stereocenters. The maximum Gasteiger partial charge on any atom is 0.227 e. The number of rotatable bonds is 5. The number of hydrogen-bond donors (Lipinski definition) is 2. The zero-order valence-electron chi connectivity index (χ0n) is 18.8. The highest BCUT2D eigenvalue weighted by Gasteiger charge is 2.23. The molecule has 0 radical (unpaired) electrons. The van der Waals surface area contributed by atoms with E-state index in [1.165, 1.54) is 23.5 Å². The first kappa shape index (κ1) is 21.3. The summed E-state index contributed by atoms with van der Waals surface area (Å²) in [6.07, 6.45) is 4.20. The summed E-state index contributed by atoms with van der Waals surface area (Å²) in [7, 11) is 2.20. The molecule has 2 N–H and O–H groups in total. The summed E-state index contributed by atoms with van der Waals surface area (Å²) in [5.74, 6) is 1.18. The third kappa shape index (κ3) is 4.77. The molecule has 2 saturated heterocycles. The lowest BCUT2D eigenvalue weighted by molar-refractivity contribution is 0.255. The van der Waals surface area contributed by atoms with Gasteiger partial charge in [-0.05, 0) is 70.2 Å². The molecular weight excluding hydrogens is 418 g/mol. The number of piperidine rings is 1. The SMILES string of the molecule is Cc1nc(C2CCN(C)CC2)sc1-c1ccnc(Nc2ccc(N3CCNCC3)cc2)n1. The minimum atomic E-state index is 0.567. The van der Waals surface area contributed by atoms with Gasteiger partial charge in [0.2, 0.25) is 5.95 Å². The first-order valence-corrected chi connectivity index (χ1v) is 12.3. The average molecular weight is 450 g/mol. The minimum Gasteiger partial charge on any atom is -0.369 e. The zero-order chi connectivity index (χ0) is 21.9. The maximum absolute atomic E-state index is 4.91. The molecule has 0 saturated carbocycles. The first-order chi connectivity index (χ1) is 15.7. The highest BCUT2D eigenvalue weighted by atomic mass is 32.1. The monoisotopic (exact) mass is 449 g/mol. The fraction of sp³-hybridized carbons (Fsp3) is 0.458. The van der Waals surface area contributed by atoms with Gasteiger partial charge < -0.3 is 20.4 Å². The summed E-state index contributed by atoms with van der Waals surface area (Å²) < 4.78 is 0. The van der Waals surface area contributed by atoms with E-state index in [9.17, 15) is 0 Å². The van der Waals surface area contributed by atoms with E-state index in [0.717, 1.165) is 61.2 Å². The Morgan fingerprint density at radius 3 is 2.50 bits per heavy atom. The van der Waals surface area contributed by atoms with E-state index in [1.54, 1.807) is 11.3 Å². The number of piperazine rings is 1. The third-order valence-electron chi connectivity index (χ3n) is 6.37. The molecule has 32 heavy (non-hydrogen) atoms. The number of anilines is 3. The van der Waals surface area contributed by atoms with Crippen LogP contribution in [0.15, 0.2) is 36.5 Å². The average Bonchev–Trinajstić information content (AvgIpc) is 3.22. The molecule has 7 nitrogen and oxygen atoms in total. The van der Waals surface area contributed by atoms with Gasteiger partial charge in [0.25, 0.3) is 0 Å². The molecule has 2 fully saturated rings. The van der Waals surface area contributed by atoms with E-state index in [2.05, 4.69) is 63.7 Å². The molecule has 2 aliphatic heterocycles. The van der Waals surface area contributed by atoms with Gasteiger partial charge >= 0.3 is 0 Å². The number of nitrogens with zero attached hydrogens (tertiary/aromatic N) is 5. The van der Waals surface area contributed by atoms with Gasteiger partial charge in [-0.3, -0.25) is 0 Å². The van der Waals surface area contributed by atoms with Crippen molar-refractivity contribution < 1.29 is 0 Å². The van der Waals surface area contributed by atoms with Crippen LogP contribution in [-0.4, -0.2) is 66.2 Å². The molecule has 8 heteroatoms. The van der Waals surface area contributed by atoms with E-state index in [4.69, 9.17) is 9.97 Å². The number of nitrogens with one attached hydrogen (secondary N) is 2. The van der Waals surface area contributed by atoms with Gasteiger partial charge in [0, 0.05) is 49.7 Å². The highest BCUT2D eigenvalue weighted by molar-refractivity contribution is 7.15. The Balaban J connectivity index is 1.30. The Morgan fingerprint density at radius 1 is 1.00 bits per heavy atom. The summed E-state index contributed by atoms with van der Waals surface area (Å²) in [6.45, 7) is 8.56. The second-order valence-electron chi connectivity index (χ2n) is 8.72. The summed E-state index contributed by atoms with van der Waals surface area (Å²) in [4.78, 5) is 20.1. The predicted octanol–water partition coefficient (Wildman–Crippen LogP) is 3.87. The number of likely N-dealkylation sites (tertiary alicyclic amines) is 1. The fourth-order valence-corrected chi connectivity index (χ4v) is 5.64. The van der Waals surface area contributed by atoms with Crippen molar-refractivity contribution in [2.24, 2.45) is 0 Å². The van der Waals surface area contributed by atoms with Crippen molar-refractivity contribution in [3.05, 3.63) is 47.2 Å². The van der Waals surface area contributed by atoms with Crippen molar-refractivity contribution in [2.75, 3.05) is 56.5 Å². The lowest BCUT2D eigenvalue weighted by Crippen LogP contribution is -2.43. The molecule has 2 aliphatic rings. The van der Waals surface area contributed by atoms with Gasteiger partial charge in [0.15, 0.2) is 0 Å². The second-order valence-corrected chi connectivity index (χ2v) is 9.75. The van der Waals surface area contributed by atoms with Crippen molar-refractivity contribution >= 4 is 28.7 Å². The second kappa shape index (κ2) is 9.52. The molecule has 1 aromatic carbocycles. The van der Waals surface area contributed by atoms with Crippen molar-refractivity contribution in [3.8, 4) is 10.6 Å². The molecule has 0 aliphatic carbocycles. The maximum atomic E-state index is 4.91. The van der Waals surface area contributed by atoms with Crippen molar-refractivity contribution in [1.82, 2.24) is 25.2 Å². The van der Waals surface area contributed by atoms with Crippen molar-refractivity contribution in [1.29, 1.82) is 0 Å². The summed E-state index contributed by atoms with van der Waals surface area (Å²) in [6, 6.07) is 10.5. The number of aryl methyl sites for hydroxylation is 1. The van der Waals surface area contributed by atoms with Crippen LogP contribution in [0.4, 0.5) is 17.3 Å². The molecule has 3 aromatic rings. The quantitative estimate of drug-likeness (QED) is 0.613. The van der Waals surface area contributed by atoms with Gasteiger partial charge in [-0.2, -0.15) is 0 Å². The molecule has 0 amide bonds. The Morgan fingerprint density at radius 2 is 1.75 bits per heavy atom. The zero-order valence-corrected chi connectivity index (χ0v) is 19.7. The van der Waals surface area contributed by atoms with Gasteiger partial charge in [0.05, 0.1) is 21.3 Å². The molecule has 0 bridgehead atoms. The highest BCUT2D eigenvalue weighted by Crippen LogP contribution is 2.36. The van der Waals surface area contributed by atoms with Crippen LogP contribution < -0.4 is 15.5 Å². The topological polar surface area (TPSA) is 69.2 Å². The lowest BCUT2D eigenvalue weighted by Gasteiger charge is -2.29. The van der Waals surface area contributed by atoms with Crippen LogP contribution in [0.25, 0.3) is 10.6 Å². The van der Waals surface area contributed by atoms with Crippen LogP contribution in [0.2, 0.25) is 0 Å². The molecule has 0 unspecified atom stereocenters. The minimum absolute atomic E-state index is 0.567. The fourth-order valence-electron chi connectivity index (χ4n) is 4.44. The molecular formula is C24H31N7S. The predicted molar refractivity (Wildman–Crippen MR) is 132 cm³/mol. The van der Waals surface area contributed by atoms with Crippen LogP contribution >= 0.6 is 11.3 Å². The smallest absolute Gasteiger partial charge is 0.227 e. The van der Waals surface area contributed by atoms with Gasteiger partial charge in [-0.1, -0.05) is 0 Å². The van der Waals surface area contributed by atoms with E-state index in [0.29, 0.717) is 11.9 Å². The largest absolute Gasteiger partial charge is 0.369 e. The summed E-state index contributed by atoms with van der Waals surface area (Å²) >= 11 is 1.79. The Bertz CT molecular complexity index is 1030. The van der Waals surface area contributed by atoms with Gasteiger partial charge in [0.1, 0.15) is 0 Å². The summed E-state index contributed by atoms with van der Waals surface area (Å²) in [5, 5.41) is 8.01. The van der Waals surface area contributed by atoms with E-state index in [-0.39, 0.29) is 0 Å². The van der Waals surface area contributed by atoms with Crippen LogP contribution in [-0.2, 0) is 0 Å². The number of hydrogen-bond acceptors (Lipinski definition) is 8. The van der Waals surface area contributed by atoms with Crippen LogP contribution in [0.1, 0.15) is 29.5 Å². The van der Waals surface area contributed by atoms with E-state index >= 15 is 0 Å². The van der Waals surface area contributed by atoms with Crippen LogP contribution in [0.3, 0.4) is 0 Å². The number of benzene rings is 1. The van der Waals surface area contributed by atoms with Crippen molar-refractivity contribution in [2.45, 2.75) is 25.7 Å². The van der Waals surface area contributed by atoms with E-state index < -0.39 is 0 Å². The van der Waals surface area contributed by atoms with Crippen LogP contribution in [0, 0.1) is 6.92 Å². The van der Waals surface area contributed by atoms with Gasteiger partial charge in [-0.15, -0.1) is 11.3 Å². The molecule has 2 aromatic heterocycles. The third-order valence-corrected chi connectivity index (χ3v) is 7.72. The molecule has 168 valence electrons. The molecule has 0 spiro atoms. The van der Waals surface area contributed by atoms with Crippen LogP contribution in [0.5, 0.6) is 0 Å². The Hall–Kier alpha value is -2.55. The molecule has 5 rings (SSSR count). The van der Waals surface area contributed by atoms with Gasteiger partial charge in [-0.25, -0.2) is 15.0 Å². The van der Waals surface area contributed by atoms with E-state index in [1.807, 2.05) is 12.3 Å². The number of aromatic nitrogens is 3. The Kier molecular flexibility index (Phi) is 6.34. The standard InChI is InChI=1S/C24H31N7S/c1-17-22(32-23(27-17)18-8-13-30(2)14-9-18)21-7-10-26-24(29-21)28-19-3-5-20(6-4-19)31-15-11-25-12-16-31/h3-7,10,18,25H,8-9,11-16H2,1-2H3,(H,26,28,29). The lowest BCUT2D eigenvalue weighted by atomic mass is 9.98. The summed E-state index contributed by atoms with van der Waals surface area (Å²) in [5.41, 5.74) is 4.26. The number of thiazole rings is 1. The van der Waals surface area contributed by atoms with Crippen molar-refractivity contribution in [3.63, 3.8) is 0 Å². The normalized spacial score (nSPS) is 18.1. The first-order valence-electron chi connectivity index (χ1n) is 11.5. The molecule has 4 heterocycles.